The van der Waals surface area contributed by atoms with Gasteiger partial charge in [-0.1, -0.05) is 0 Å². The maximum Gasteiger partial charge on any atom is 0.408 e. The maximum atomic E-state index is 11.4. The van der Waals surface area contributed by atoms with Crippen molar-refractivity contribution in [3.05, 3.63) is 0 Å². The van der Waals surface area contributed by atoms with Gasteiger partial charge < -0.3 is 25.3 Å². The van der Waals surface area contributed by atoms with Gasteiger partial charge in [-0.3, -0.25) is 0 Å². The lowest BCUT2D eigenvalue weighted by Crippen LogP contribution is -2.40. The Kier molecular flexibility index (Phi) is 7.55. The third-order valence-electron chi connectivity index (χ3n) is 2.02. The Morgan fingerprint density at radius 1 is 1.32 bits per heavy atom. The first kappa shape index (κ1) is 17.2. The van der Waals surface area contributed by atoms with Crippen molar-refractivity contribution in [2.24, 2.45) is 5.73 Å². The van der Waals surface area contributed by atoms with Crippen molar-refractivity contribution in [2.45, 2.75) is 51.7 Å². The van der Waals surface area contributed by atoms with Crippen LogP contribution in [-0.4, -0.2) is 36.7 Å². The predicted molar refractivity (Wildman–Crippen MR) is 68.6 cm³/mol. The number of carbonyl (C=O) groups is 3. The monoisotopic (exact) mass is 274 g/mol. The summed E-state index contributed by atoms with van der Waals surface area (Å²) in [5, 5.41) is 2.46. The molecule has 0 saturated carbocycles. The molecular formula is C12H22N2O5. The summed E-state index contributed by atoms with van der Waals surface area (Å²) in [6.45, 7) is 5.42. The number of nitrogens with one attached hydrogen (secondary N) is 1. The van der Waals surface area contributed by atoms with E-state index in [1.807, 2.05) is 0 Å². The van der Waals surface area contributed by atoms with E-state index in [-0.39, 0.29) is 6.61 Å². The third-order valence-corrected chi connectivity index (χ3v) is 2.02. The smallest absolute Gasteiger partial charge is 0.408 e. The summed E-state index contributed by atoms with van der Waals surface area (Å²) in [7, 11) is 0. The van der Waals surface area contributed by atoms with E-state index in [1.54, 1.807) is 20.8 Å². The SMILES string of the molecule is CC(C)(C)OC(=O)N[C@H](C=O)CCCCOC(N)=O. The van der Waals surface area contributed by atoms with E-state index in [4.69, 9.17) is 10.5 Å². The lowest BCUT2D eigenvalue weighted by molar-refractivity contribution is -0.109. The highest BCUT2D eigenvalue weighted by molar-refractivity contribution is 5.73. The summed E-state index contributed by atoms with van der Waals surface area (Å²) in [5.41, 5.74) is 4.19. The van der Waals surface area contributed by atoms with E-state index >= 15 is 0 Å². The van der Waals surface area contributed by atoms with Gasteiger partial charge in [0.2, 0.25) is 0 Å². The number of rotatable bonds is 7. The van der Waals surface area contributed by atoms with Crippen LogP contribution in [0.2, 0.25) is 0 Å². The van der Waals surface area contributed by atoms with Crippen LogP contribution in [0.25, 0.3) is 0 Å². The number of nitrogens with two attached hydrogens (primary N) is 1. The molecule has 0 unspecified atom stereocenters. The van der Waals surface area contributed by atoms with Crippen LogP contribution in [0.3, 0.4) is 0 Å². The predicted octanol–water partition coefficient (Wildman–Crippen LogP) is 1.34. The van der Waals surface area contributed by atoms with Gasteiger partial charge in [0.1, 0.15) is 11.9 Å². The summed E-state index contributed by atoms with van der Waals surface area (Å²) < 4.78 is 9.58. The van der Waals surface area contributed by atoms with Gasteiger partial charge in [0.15, 0.2) is 0 Å². The molecule has 7 heteroatoms. The first-order chi connectivity index (χ1) is 8.74. The van der Waals surface area contributed by atoms with Gasteiger partial charge in [-0.25, -0.2) is 9.59 Å². The Morgan fingerprint density at radius 2 is 1.95 bits per heavy atom. The first-order valence-electron chi connectivity index (χ1n) is 6.11. The van der Waals surface area contributed by atoms with Crippen molar-refractivity contribution in [3.63, 3.8) is 0 Å². The minimum Gasteiger partial charge on any atom is -0.450 e. The molecule has 0 aromatic carbocycles. The molecule has 0 radical (unpaired) electrons. The minimum absolute atomic E-state index is 0.202. The third kappa shape index (κ3) is 11.1. The second kappa shape index (κ2) is 8.34. The molecule has 19 heavy (non-hydrogen) atoms. The Balaban J connectivity index is 3.86. The van der Waals surface area contributed by atoms with E-state index in [0.717, 1.165) is 0 Å². The lowest BCUT2D eigenvalue weighted by Gasteiger charge is -2.21. The number of carbonyl (C=O) groups excluding carboxylic acids is 3. The second-order valence-corrected chi connectivity index (χ2v) is 5.05. The van der Waals surface area contributed by atoms with E-state index in [0.29, 0.717) is 25.5 Å². The zero-order valence-corrected chi connectivity index (χ0v) is 11.6. The van der Waals surface area contributed by atoms with Crippen LogP contribution in [0.4, 0.5) is 9.59 Å². The van der Waals surface area contributed by atoms with Crippen LogP contribution < -0.4 is 11.1 Å². The zero-order valence-electron chi connectivity index (χ0n) is 11.6. The molecule has 0 bridgehead atoms. The number of aldehydes is 1. The molecule has 0 aromatic heterocycles. The van der Waals surface area contributed by atoms with Crippen LogP contribution in [0.5, 0.6) is 0 Å². The minimum atomic E-state index is -0.821. The molecule has 1 atom stereocenters. The van der Waals surface area contributed by atoms with Gasteiger partial charge in [0.25, 0.3) is 0 Å². The molecule has 0 heterocycles. The quantitative estimate of drug-likeness (QED) is 0.538. The summed E-state index contributed by atoms with van der Waals surface area (Å²) in [4.78, 5) is 32.5. The highest BCUT2D eigenvalue weighted by atomic mass is 16.6. The molecule has 0 aliphatic carbocycles. The Hall–Kier alpha value is -1.79. The number of amides is 2. The number of ether oxygens (including phenoxy) is 2. The largest absolute Gasteiger partial charge is 0.450 e. The molecule has 3 N–H and O–H groups in total. The molecule has 0 rings (SSSR count). The topological polar surface area (TPSA) is 108 Å². The standard InChI is InChI=1S/C12H22N2O5/c1-12(2,3)19-11(17)14-9(8-15)6-4-5-7-18-10(13)16/h8-9H,4-7H2,1-3H3,(H2,13,16)(H,14,17)/t9-/m0/s1. The van der Waals surface area contributed by atoms with Crippen LogP contribution in [-0.2, 0) is 14.3 Å². The van der Waals surface area contributed by atoms with Gasteiger partial charge in [-0.2, -0.15) is 0 Å². The fraction of sp³-hybridized carbons (Fsp3) is 0.750. The molecule has 0 aliphatic rings. The van der Waals surface area contributed by atoms with Crippen molar-refractivity contribution in [1.82, 2.24) is 5.32 Å². The highest BCUT2D eigenvalue weighted by Gasteiger charge is 2.18. The number of hydrogen-bond acceptors (Lipinski definition) is 5. The Morgan fingerprint density at radius 3 is 2.42 bits per heavy atom. The summed E-state index contributed by atoms with van der Waals surface area (Å²) >= 11 is 0. The van der Waals surface area contributed by atoms with Gasteiger partial charge in [-0.15, -0.1) is 0 Å². The molecule has 2 amide bonds. The van der Waals surface area contributed by atoms with Gasteiger partial charge in [0, 0.05) is 0 Å². The number of primary amides is 1. The van der Waals surface area contributed by atoms with Crippen molar-refractivity contribution in [1.29, 1.82) is 0 Å². The van der Waals surface area contributed by atoms with E-state index < -0.39 is 23.8 Å². The molecule has 0 saturated heterocycles. The van der Waals surface area contributed by atoms with Crippen LogP contribution in [0, 0.1) is 0 Å². The second-order valence-electron chi connectivity index (χ2n) is 5.05. The molecule has 0 aliphatic heterocycles. The van der Waals surface area contributed by atoms with Gasteiger partial charge in [0.05, 0.1) is 12.6 Å². The Bertz CT molecular complexity index is 312. The van der Waals surface area contributed by atoms with Crippen LogP contribution >= 0.6 is 0 Å². The van der Waals surface area contributed by atoms with Crippen LogP contribution in [0.1, 0.15) is 40.0 Å². The highest BCUT2D eigenvalue weighted by Crippen LogP contribution is 2.07. The lowest BCUT2D eigenvalue weighted by atomic mass is 10.1. The van der Waals surface area contributed by atoms with E-state index in [1.165, 1.54) is 0 Å². The maximum absolute atomic E-state index is 11.4. The number of hydrogen-bond donors (Lipinski definition) is 2. The average molecular weight is 274 g/mol. The van der Waals surface area contributed by atoms with Gasteiger partial charge in [-0.05, 0) is 40.0 Å². The molecule has 0 fully saturated rings. The number of alkyl carbamates (subject to hydrolysis) is 1. The summed E-state index contributed by atoms with van der Waals surface area (Å²) in [5.74, 6) is 0. The van der Waals surface area contributed by atoms with Crippen molar-refractivity contribution in [2.75, 3.05) is 6.61 Å². The van der Waals surface area contributed by atoms with Crippen molar-refractivity contribution < 1.29 is 23.9 Å². The molecular weight excluding hydrogens is 252 g/mol. The van der Waals surface area contributed by atoms with Gasteiger partial charge >= 0.3 is 12.2 Å². The average Bonchev–Trinajstić information content (AvgIpc) is 2.24. The van der Waals surface area contributed by atoms with Crippen molar-refractivity contribution >= 4 is 18.5 Å². The normalized spacial score (nSPS) is 12.4. The van der Waals surface area contributed by atoms with E-state index in [9.17, 15) is 14.4 Å². The fourth-order valence-corrected chi connectivity index (χ4v) is 1.27. The van der Waals surface area contributed by atoms with E-state index in [2.05, 4.69) is 10.1 Å². The van der Waals surface area contributed by atoms with Crippen LogP contribution in [0.15, 0.2) is 0 Å². The summed E-state index contributed by atoms with van der Waals surface area (Å²) in [6, 6.07) is -0.608. The zero-order chi connectivity index (χ0) is 14.9. The molecule has 7 nitrogen and oxygen atoms in total. The molecule has 0 aromatic rings. The fourth-order valence-electron chi connectivity index (χ4n) is 1.27. The summed E-state index contributed by atoms with van der Waals surface area (Å²) in [6.07, 6.45) is 0.844. The van der Waals surface area contributed by atoms with Crippen molar-refractivity contribution in [3.8, 4) is 0 Å². The number of unbranched alkanes of at least 4 members (excludes halogenated alkanes) is 1. The molecule has 110 valence electrons. The first-order valence-corrected chi connectivity index (χ1v) is 6.11. The Labute approximate surface area is 112 Å². The molecule has 0 spiro atoms.